The van der Waals surface area contributed by atoms with Crippen LogP contribution in [-0.2, 0) is 0 Å². The van der Waals surface area contributed by atoms with E-state index in [9.17, 15) is 4.79 Å². The molecule has 2 aromatic rings. The zero-order valence-corrected chi connectivity index (χ0v) is 8.15. The average Bonchev–Trinajstić information content (AvgIpc) is 2.51. The summed E-state index contributed by atoms with van der Waals surface area (Å²) in [6.07, 6.45) is 4.86. The lowest BCUT2D eigenvalue weighted by atomic mass is 10.4. The number of H-pyrrole nitrogens is 1. The predicted octanol–water partition coefficient (Wildman–Crippen LogP) is 1.32. The van der Waals surface area contributed by atoms with Crippen LogP contribution in [0.25, 0.3) is 5.69 Å². The molecule has 5 heteroatoms. The fraction of sp³-hybridized carbons (Fsp3) is 0. The van der Waals surface area contributed by atoms with Crippen LogP contribution in [0.2, 0.25) is 0 Å². The first kappa shape index (κ1) is 8.25. The van der Waals surface area contributed by atoms with E-state index in [-0.39, 0.29) is 5.56 Å². The first-order valence-electron chi connectivity index (χ1n) is 3.65. The van der Waals surface area contributed by atoms with E-state index >= 15 is 0 Å². The van der Waals surface area contributed by atoms with Gasteiger partial charge in [0.25, 0.3) is 5.56 Å². The largest absolute Gasteiger partial charge is 0.298 e. The van der Waals surface area contributed by atoms with Gasteiger partial charge < -0.3 is 0 Å². The molecule has 0 unspecified atom stereocenters. The third-order valence-corrected chi connectivity index (χ3v) is 2.03. The molecule has 0 amide bonds. The summed E-state index contributed by atoms with van der Waals surface area (Å²) in [7, 11) is 0. The maximum atomic E-state index is 11.2. The molecule has 1 N–H and O–H groups in total. The summed E-state index contributed by atoms with van der Waals surface area (Å²) in [5.74, 6) is 0. The number of hydrogen-bond donors (Lipinski definition) is 1. The molecule has 0 aliphatic rings. The van der Waals surface area contributed by atoms with Gasteiger partial charge in [0, 0.05) is 22.9 Å². The summed E-state index contributed by atoms with van der Waals surface area (Å²) < 4.78 is 2.25. The minimum atomic E-state index is -0.0973. The smallest absolute Gasteiger partial charge is 0.271 e. The van der Waals surface area contributed by atoms with Crippen LogP contribution >= 0.6 is 15.9 Å². The van der Waals surface area contributed by atoms with E-state index in [0.717, 1.165) is 4.47 Å². The van der Waals surface area contributed by atoms with Crippen molar-refractivity contribution in [3.63, 3.8) is 0 Å². The Bertz CT molecular complexity index is 474. The molecule has 0 saturated carbocycles. The van der Waals surface area contributed by atoms with E-state index in [1.165, 1.54) is 10.7 Å². The van der Waals surface area contributed by atoms with Crippen LogP contribution < -0.4 is 5.56 Å². The van der Waals surface area contributed by atoms with E-state index < -0.39 is 0 Å². The van der Waals surface area contributed by atoms with Gasteiger partial charge in [-0.3, -0.25) is 14.9 Å². The number of nitrogens with one attached hydrogen (secondary N) is 1. The number of nitrogens with zero attached hydrogens (tertiary/aromatic N) is 2. The van der Waals surface area contributed by atoms with Crippen molar-refractivity contribution < 1.29 is 0 Å². The van der Waals surface area contributed by atoms with Gasteiger partial charge in [0.05, 0.1) is 11.9 Å². The Kier molecular flexibility index (Phi) is 2.02. The Morgan fingerprint density at radius 3 is 2.92 bits per heavy atom. The zero-order valence-electron chi connectivity index (χ0n) is 6.57. The predicted molar refractivity (Wildman–Crippen MR) is 51.9 cm³/mol. The monoisotopic (exact) mass is 239 g/mol. The molecule has 2 rings (SSSR count). The molecule has 0 spiro atoms. The maximum absolute atomic E-state index is 11.2. The van der Waals surface area contributed by atoms with Crippen LogP contribution in [0.15, 0.2) is 40.0 Å². The summed E-state index contributed by atoms with van der Waals surface area (Å²) in [4.78, 5) is 15.2. The molecular weight excluding hydrogens is 234 g/mol. The highest BCUT2D eigenvalue weighted by Crippen LogP contribution is 2.10. The molecule has 0 atom stereocenters. The highest BCUT2D eigenvalue weighted by atomic mass is 79.9. The van der Waals surface area contributed by atoms with Gasteiger partial charge in [0.2, 0.25) is 0 Å². The van der Waals surface area contributed by atoms with Gasteiger partial charge in [0.15, 0.2) is 0 Å². The van der Waals surface area contributed by atoms with Gasteiger partial charge in [-0.25, -0.2) is 4.68 Å². The molecular formula is C8H6BrN3O. The van der Waals surface area contributed by atoms with Crippen LogP contribution in [0.1, 0.15) is 0 Å². The van der Waals surface area contributed by atoms with Crippen molar-refractivity contribution in [1.82, 2.24) is 14.8 Å². The summed E-state index contributed by atoms with van der Waals surface area (Å²) in [6, 6.07) is 3.27. The van der Waals surface area contributed by atoms with Crippen molar-refractivity contribution in [2.45, 2.75) is 0 Å². The average molecular weight is 240 g/mol. The van der Waals surface area contributed by atoms with Crippen molar-refractivity contribution in [3.05, 3.63) is 45.5 Å². The molecule has 4 nitrogen and oxygen atoms in total. The van der Waals surface area contributed by atoms with E-state index in [2.05, 4.69) is 26.0 Å². The minimum absolute atomic E-state index is 0.0973. The summed E-state index contributed by atoms with van der Waals surface area (Å²) in [5.41, 5.74) is 0.615. The number of halogens is 1. The van der Waals surface area contributed by atoms with Crippen LogP contribution in [-0.4, -0.2) is 14.8 Å². The van der Waals surface area contributed by atoms with E-state index in [4.69, 9.17) is 0 Å². The Balaban J connectivity index is 2.59. The van der Waals surface area contributed by atoms with E-state index in [0.29, 0.717) is 5.69 Å². The lowest BCUT2D eigenvalue weighted by Gasteiger charge is -1.99. The molecule has 0 aromatic carbocycles. The Morgan fingerprint density at radius 2 is 2.31 bits per heavy atom. The van der Waals surface area contributed by atoms with Crippen molar-refractivity contribution >= 4 is 15.9 Å². The standard InChI is InChI=1S/C8H6BrN3O/c9-6-3-7(5-10-4-6)12-8(13)1-2-11-12/h1-5,11H. The van der Waals surface area contributed by atoms with Crippen molar-refractivity contribution in [1.29, 1.82) is 0 Å². The van der Waals surface area contributed by atoms with Crippen LogP contribution in [0.4, 0.5) is 0 Å². The SMILES string of the molecule is O=c1cc[nH]n1-c1cncc(Br)c1. The van der Waals surface area contributed by atoms with Gasteiger partial charge in [-0.05, 0) is 22.0 Å². The Hall–Kier alpha value is -1.36. The molecule has 0 fully saturated rings. The fourth-order valence-electron chi connectivity index (χ4n) is 1.05. The van der Waals surface area contributed by atoms with Gasteiger partial charge in [0.1, 0.15) is 0 Å². The number of aromatic nitrogens is 3. The quantitative estimate of drug-likeness (QED) is 0.817. The van der Waals surface area contributed by atoms with Crippen molar-refractivity contribution in [2.24, 2.45) is 0 Å². The highest BCUT2D eigenvalue weighted by molar-refractivity contribution is 9.10. The number of pyridine rings is 1. The van der Waals surface area contributed by atoms with E-state index in [1.807, 2.05) is 6.07 Å². The van der Waals surface area contributed by atoms with Crippen LogP contribution in [0, 0.1) is 0 Å². The number of aromatic amines is 1. The lowest BCUT2D eigenvalue weighted by Crippen LogP contribution is -2.13. The number of rotatable bonds is 1. The highest BCUT2D eigenvalue weighted by Gasteiger charge is 1.99. The van der Waals surface area contributed by atoms with Crippen molar-refractivity contribution in [2.75, 3.05) is 0 Å². The van der Waals surface area contributed by atoms with Crippen LogP contribution in [0.5, 0.6) is 0 Å². The minimum Gasteiger partial charge on any atom is -0.298 e. The first-order chi connectivity index (χ1) is 6.27. The molecule has 0 aliphatic heterocycles. The second-order valence-electron chi connectivity index (χ2n) is 2.50. The van der Waals surface area contributed by atoms with Gasteiger partial charge in [-0.1, -0.05) is 0 Å². The molecule has 13 heavy (non-hydrogen) atoms. The summed E-state index contributed by atoms with van der Waals surface area (Å²) in [5, 5.41) is 2.79. The number of hydrogen-bond acceptors (Lipinski definition) is 2. The zero-order chi connectivity index (χ0) is 9.26. The fourth-order valence-corrected chi connectivity index (χ4v) is 1.40. The van der Waals surface area contributed by atoms with Crippen molar-refractivity contribution in [3.8, 4) is 5.69 Å². The molecule has 0 bridgehead atoms. The Morgan fingerprint density at radius 1 is 1.46 bits per heavy atom. The molecule has 66 valence electrons. The third-order valence-electron chi connectivity index (χ3n) is 1.60. The lowest BCUT2D eigenvalue weighted by molar-refractivity contribution is 0.842. The van der Waals surface area contributed by atoms with Gasteiger partial charge in [-0.2, -0.15) is 0 Å². The first-order valence-corrected chi connectivity index (χ1v) is 4.44. The maximum Gasteiger partial charge on any atom is 0.271 e. The van der Waals surface area contributed by atoms with E-state index in [1.54, 1.807) is 18.6 Å². The molecule has 0 saturated heterocycles. The molecule has 2 aromatic heterocycles. The third kappa shape index (κ3) is 1.55. The second-order valence-corrected chi connectivity index (χ2v) is 3.41. The van der Waals surface area contributed by atoms with Gasteiger partial charge in [-0.15, -0.1) is 0 Å². The molecule has 2 heterocycles. The summed E-state index contributed by atoms with van der Waals surface area (Å²) in [6.45, 7) is 0. The molecule has 0 aliphatic carbocycles. The second kappa shape index (κ2) is 3.18. The topological polar surface area (TPSA) is 50.7 Å². The summed E-state index contributed by atoms with van der Waals surface area (Å²) >= 11 is 3.28. The Labute approximate surface area is 82.3 Å². The van der Waals surface area contributed by atoms with Gasteiger partial charge >= 0.3 is 0 Å². The van der Waals surface area contributed by atoms with Crippen LogP contribution in [0.3, 0.4) is 0 Å². The normalized spacial score (nSPS) is 10.2. The molecule has 0 radical (unpaired) electrons.